The van der Waals surface area contributed by atoms with Crippen molar-refractivity contribution in [3.8, 4) is 5.69 Å². The number of benzene rings is 1. The molecule has 0 aliphatic heterocycles. The second-order valence-corrected chi connectivity index (χ2v) is 4.27. The Morgan fingerprint density at radius 1 is 1.50 bits per heavy atom. The summed E-state index contributed by atoms with van der Waals surface area (Å²) in [4.78, 5) is 11.0. The highest BCUT2D eigenvalue weighted by atomic mass is 35.5. The van der Waals surface area contributed by atoms with Gasteiger partial charge in [0.1, 0.15) is 11.0 Å². The Morgan fingerprint density at radius 3 is 2.89 bits per heavy atom. The monoisotopic (exact) mass is 266 g/mol. The van der Waals surface area contributed by atoms with Gasteiger partial charge in [0.25, 0.3) is 0 Å². The molecule has 1 heterocycles. The summed E-state index contributed by atoms with van der Waals surface area (Å²) >= 11 is 6.10. The number of rotatable bonds is 4. The molecule has 0 atom stereocenters. The summed E-state index contributed by atoms with van der Waals surface area (Å²) in [7, 11) is 0. The molecular weight excluding hydrogens is 255 g/mol. The second-order valence-electron chi connectivity index (χ2n) is 3.91. The molecule has 0 N–H and O–H groups in total. The van der Waals surface area contributed by atoms with E-state index in [4.69, 9.17) is 11.6 Å². The first kappa shape index (κ1) is 12.8. The lowest BCUT2D eigenvalue weighted by molar-refractivity contribution is 0.112. The molecule has 0 unspecified atom stereocenters. The first-order valence-corrected chi connectivity index (χ1v) is 6.03. The van der Waals surface area contributed by atoms with Gasteiger partial charge in [-0.1, -0.05) is 31.0 Å². The van der Waals surface area contributed by atoms with Crippen molar-refractivity contribution in [2.45, 2.75) is 19.8 Å². The Kier molecular flexibility index (Phi) is 3.77. The van der Waals surface area contributed by atoms with Gasteiger partial charge in [-0.2, -0.15) is 5.10 Å². The van der Waals surface area contributed by atoms with Crippen LogP contribution in [0, 0.1) is 5.82 Å². The minimum Gasteiger partial charge on any atom is -0.298 e. The zero-order valence-electron chi connectivity index (χ0n) is 9.86. The van der Waals surface area contributed by atoms with Crippen LogP contribution >= 0.6 is 11.6 Å². The Hall–Kier alpha value is -1.68. The SMILES string of the molecule is CCCc1nn(-c2cccc(F)c2)c(Cl)c1C=O. The fourth-order valence-electron chi connectivity index (χ4n) is 1.77. The van der Waals surface area contributed by atoms with E-state index in [0.717, 1.165) is 6.42 Å². The Bertz CT molecular complexity index is 580. The van der Waals surface area contributed by atoms with Crippen LogP contribution in [0.5, 0.6) is 0 Å². The van der Waals surface area contributed by atoms with E-state index in [1.54, 1.807) is 12.1 Å². The van der Waals surface area contributed by atoms with Crippen LogP contribution in [-0.4, -0.2) is 16.1 Å². The number of hydrogen-bond donors (Lipinski definition) is 0. The molecule has 1 aromatic heterocycles. The number of aryl methyl sites for hydroxylation is 1. The van der Waals surface area contributed by atoms with Crippen molar-refractivity contribution in [2.24, 2.45) is 0 Å². The third-order valence-corrected chi connectivity index (χ3v) is 2.96. The van der Waals surface area contributed by atoms with E-state index in [9.17, 15) is 9.18 Å². The van der Waals surface area contributed by atoms with E-state index in [0.29, 0.717) is 29.7 Å². The lowest BCUT2D eigenvalue weighted by Gasteiger charge is -2.02. The van der Waals surface area contributed by atoms with Crippen LogP contribution in [0.3, 0.4) is 0 Å². The van der Waals surface area contributed by atoms with Gasteiger partial charge in [0.2, 0.25) is 0 Å². The van der Waals surface area contributed by atoms with E-state index >= 15 is 0 Å². The third kappa shape index (κ3) is 2.29. The van der Waals surface area contributed by atoms with Gasteiger partial charge in [0.15, 0.2) is 6.29 Å². The van der Waals surface area contributed by atoms with Gasteiger partial charge in [-0.3, -0.25) is 4.79 Å². The van der Waals surface area contributed by atoms with E-state index < -0.39 is 0 Å². The molecule has 0 radical (unpaired) electrons. The molecule has 0 aliphatic carbocycles. The van der Waals surface area contributed by atoms with Crippen molar-refractivity contribution in [1.82, 2.24) is 9.78 Å². The predicted octanol–water partition coefficient (Wildman–Crippen LogP) is 3.43. The first-order chi connectivity index (χ1) is 8.67. The maximum atomic E-state index is 13.2. The lowest BCUT2D eigenvalue weighted by atomic mass is 10.2. The fraction of sp³-hybridized carbons (Fsp3) is 0.231. The van der Waals surface area contributed by atoms with Gasteiger partial charge in [-0.15, -0.1) is 0 Å². The summed E-state index contributed by atoms with van der Waals surface area (Å²) < 4.78 is 14.6. The van der Waals surface area contributed by atoms with E-state index in [2.05, 4.69) is 5.10 Å². The number of nitrogens with zero attached hydrogens (tertiary/aromatic N) is 2. The van der Waals surface area contributed by atoms with Gasteiger partial charge in [-0.25, -0.2) is 9.07 Å². The summed E-state index contributed by atoms with van der Waals surface area (Å²) in [5, 5.41) is 4.49. The van der Waals surface area contributed by atoms with Crippen molar-refractivity contribution in [1.29, 1.82) is 0 Å². The number of carbonyl (C=O) groups is 1. The topological polar surface area (TPSA) is 34.9 Å². The maximum absolute atomic E-state index is 13.2. The molecular formula is C13H12ClFN2O. The normalized spacial score (nSPS) is 10.6. The fourth-order valence-corrected chi connectivity index (χ4v) is 2.06. The van der Waals surface area contributed by atoms with E-state index in [-0.39, 0.29) is 11.0 Å². The predicted molar refractivity (Wildman–Crippen MR) is 67.9 cm³/mol. The van der Waals surface area contributed by atoms with Crippen LogP contribution in [0.25, 0.3) is 5.69 Å². The van der Waals surface area contributed by atoms with Crippen molar-refractivity contribution in [3.63, 3.8) is 0 Å². The molecule has 0 saturated carbocycles. The number of carbonyl (C=O) groups excluding carboxylic acids is 1. The number of aromatic nitrogens is 2. The zero-order valence-corrected chi connectivity index (χ0v) is 10.6. The smallest absolute Gasteiger partial charge is 0.155 e. The average Bonchev–Trinajstić information content (AvgIpc) is 2.66. The van der Waals surface area contributed by atoms with Crippen molar-refractivity contribution in [2.75, 3.05) is 0 Å². The molecule has 18 heavy (non-hydrogen) atoms. The van der Waals surface area contributed by atoms with Gasteiger partial charge in [0.05, 0.1) is 16.9 Å². The molecule has 2 rings (SSSR count). The Balaban J connectivity index is 2.54. The second kappa shape index (κ2) is 5.31. The number of aldehydes is 1. The molecule has 5 heteroatoms. The number of hydrogen-bond acceptors (Lipinski definition) is 2. The summed E-state index contributed by atoms with van der Waals surface area (Å²) in [5.41, 5.74) is 1.52. The van der Waals surface area contributed by atoms with Crippen LogP contribution in [0.4, 0.5) is 4.39 Å². The Morgan fingerprint density at radius 2 is 2.28 bits per heavy atom. The quantitative estimate of drug-likeness (QED) is 0.795. The highest BCUT2D eigenvalue weighted by Crippen LogP contribution is 2.23. The largest absolute Gasteiger partial charge is 0.298 e. The lowest BCUT2D eigenvalue weighted by Crippen LogP contribution is -1.98. The number of halogens is 2. The van der Waals surface area contributed by atoms with Gasteiger partial charge in [0, 0.05) is 0 Å². The molecule has 94 valence electrons. The molecule has 2 aromatic rings. The third-order valence-electron chi connectivity index (χ3n) is 2.60. The molecule has 0 amide bonds. The molecule has 1 aromatic carbocycles. The maximum Gasteiger partial charge on any atom is 0.155 e. The minimum atomic E-state index is -0.372. The van der Waals surface area contributed by atoms with Crippen molar-refractivity contribution < 1.29 is 9.18 Å². The molecule has 0 bridgehead atoms. The Labute approximate surface area is 109 Å². The molecule has 0 aliphatic rings. The summed E-state index contributed by atoms with van der Waals surface area (Å²) in [5.74, 6) is -0.372. The van der Waals surface area contributed by atoms with Crippen molar-refractivity contribution in [3.05, 3.63) is 46.5 Å². The average molecular weight is 267 g/mol. The highest BCUT2D eigenvalue weighted by Gasteiger charge is 2.16. The van der Waals surface area contributed by atoms with Crippen molar-refractivity contribution >= 4 is 17.9 Å². The van der Waals surface area contributed by atoms with Gasteiger partial charge in [-0.05, 0) is 24.6 Å². The highest BCUT2D eigenvalue weighted by molar-refractivity contribution is 6.32. The summed E-state index contributed by atoms with van der Waals surface area (Å²) in [6.45, 7) is 1.99. The van der Waals surface area contributed by atoms with Crippen LogP contribution in [-0.2, 0) is 6.42 Å². The molecule has 0 saturated heterocycles. The molecule has 3 nitrogen and oxygen atoms in total. The zero-order chi connectivity index (χ0) is 13.1. The molecule has 0 fully saturated rings. The standard InChI is InChI=1S/C13H12ClFN2O/c1-2-4-12-11(8-18)13(14)17(16-12)10-6-3-5-9(15)7-10/h3,5-8H,2,4H2,1H3. The van der Waals surface area contributed by atoms with E-state index in [1.165, 1.54) is 16.8 Å². The first-order valence-electron chi connectivity index (χ1n) is 5.66. The van der Waals surface area contributed by atoms with Crippen LogP contribution < -0.4 is 0 Å². The summed E-state index contributed by atoms with van der Waals surface area (Å²) in [6.07, 6.45) is 2.21. The minimum absolute atomic E-state index is 0.221. The molecule has 0 spiro atoms. The van der Waals surface area contributed by atoms with Crippen LogP contribution in [0.2, 0.25) is 5.15 Å². The van der Waals surface area contributed by atoms with E-state index in [1.807, 2.05) is 6.92 Å². The van der Waals surface area contributed by atoms with Crippen LogP contribution in [0.15, 0.2) is 24.3 Å². The van der Waals surface area contributed by atoms with Gasteiger partial charge < -0.3 is 0 Å². The van der Waals surface area contributed by atoms with Gasteiger partial charge >= 0.3 is 0 Å². The van der Waals surface area contributed by atoms with Crippen LogP contribution in [0.1, 0.15) is 29.4 Å². The summed E-state index contributed by atoms with van der Waals surface area (Å²) in [6, 6.07) is 5.92.